The van der Waals surface area contributed by atoms with Gasteiger partial charge in [0.15, 0.2) is 5.82 Å². The van der Waals surface area contributed by atoms with Gasteiger partial charge in [0, 0.05) is 25.2 Å². The summed E-state index contributed by atoms with van der Waals surface area (Å²) in [6, 6.07) is 3.93. The summed E-state index contributed by atoms with van der Waals surface area (Å²) in [5.41, 5.74) is 0. The van der Waals surface area contributed by atoms with Gasteiger partial charge in [-0.3, -0.25) is 0 Å². The van der Waals surface area contributed by atoms with Gasteiger partial charge in [0.1, 0.15) is 0 Å². The molecule has 2 heterocycles. The van der Waals surface area contributed by atoms with Gasteiger partial charge in [-0.15, -0.1) is 16.7 Å². The van der Waals surface area contributed by atoms with Gasteiger partial charge in [-0.2, -0.15) is 5.10 Å². The molecule has 76 valence electrons. The van der Waals surface area contributed by atoms with E-state index >= 15 is 0 Å². The number of hydrogen-bond acceptors (Lipinski definition) is 3. The maximum absolute atomic E-state index is 5.87. The summed E-state index contributed by atoms with van der Waals surface area (Å²) < 4.78 is 0. The fourth-order valence-electron chi connectivity index (χ4n) is 1.86. The molecule has 0 radical (unpaired) electrons. The predicted molar refractivity (Wildman–Crippen MR) is 57.7 cm³/mol. The highest BCUT2D eigenvalue weighted by molar-refractivity contribution is 6.18. The number of anilines is 1. The lowest BCUT2D eigenvalue weighted by Gasteiger charge is -2.32. The van der Waals surface area contributed by atoms with E-state index < -0.39 is 0 Å². The molecular weight excluding hydrogens is 198 g/mol. The molecule has 1 aliphatic heterocycles. The van der Waals surface area contributed by atoms with Gasteiger partial charge in [-0.1, -0.05) is 0 Å². The number of alkyl halides is 1. The van der Waals surface area contributed by atoms with E-state index in [0.717, 1.165) is 24.8 Å². The Labute approximate surface area is 89.1 Å². The van der Waals surface area contributed by atoms with Crippen molar-refractivity contribution in [1.29, 1.82) is 0 Å². The molecule has 1 aromatic heterocycles. The topological polar surface area (TPSA) is 29.0 Å². The van der Waals surface area contributed by atoms with Crippen LogP contribution in [0.2, 0.25) is 0 Å². The second kappa shape index (κ2) is 4.60. The van der Waals surface area contributed by atoms with Crippen LogP contribution in [0.25, 0.3) is 0 Å². The molecule has 1 unspecified atom stereocenters. The summed E-state index contributed by atoms with van der Waals surface area (Å²) in [7, 11) is 0. The smallest absolute Gasteiger partial charge is 0.151 e. The Balaban J connectivity index is 2.04. The summed E-state index contributed by atoms with van der Waals surface area (Å²) in [5, 5.41) is 7.99. The molecule has 1 aromatic rings. The molecule has 14 heavy (non-hydrogen) atoms. The van der Waals surface area contributed by atoms with Crippen LogP contribution in [0.15, 0.2) is 18.3 Å². The van der Waals surface area contributed by atoms with E-state index in [1.54, 1.807) is 6.20 Å². The molecule has 1 saturated heterocycles. The van der Waals surface area contributed by atoms with Crippen LogP contribution in [-0.4, -0.2) is 29.2 Å². The Morgan fingerprint density at radius 1 is 1.57 bits per heavy atom. The molecule has 4 heteroatoms. The maximum Gasteiger partial charge on any atom is 0.151 e. The highest BCUT2D eigenvalue weighted by Crippen LogP contribution is 2.21. The minimum Gasteiger partial charge on any atom is -0.355 e. The lowest BCUT2D eigenvalue weighted by molar-refractivity contribution is 0.448. The molecule has 3 nitrogen and oxygen atoms in total. The molecule has 0 N–H and O–H groups in total. The Hall–Kier alpha value is -0.830. The van der Waals surface area contributed by atoms with E-state index in [9.17, 15) is 0 Å². The Morgan fingerprint density at radius 3 is 3.21 bits per heavy atom. The van der Waals surface area contributed by atoms with Gasteiger partial charge in [0.25, 0.3) is 0 Å². The van der Waals surface area contributed by atoms with Gasteiger partial charge < -0.3 is 4.90 Å². The largest absolute Gasteiger partial charge is 0.355 e. The van der Waals surface area contributed by atoms with Crippen LogP contribution < -0.4 is 4.90 Å². The normalized spacial score (nSPS) is 22.4. The summed E-state index contributed by atoms with van der Waals surface area (Å²) in [6.45, 7) is 2.09. The quantitative estimate of drug-likeness (QED) is 0.701. The average molecular weight is 212 g/mol. The number of aromatic nitrogens is 2. The first-order valence-electron chi connectivity index (χ1n) is 4.99. The lowest BCUT2D eigenvalue weighted by atomic mass is 10.0. The molecule has 0 aliphatic carbocycles. The van der Waals surface area contributed by atoms with Crippen molar-refractivity contribution in [3.05, 3.63) is 18.3 Å². The van der Waals surface area contributed by atoms with Crippen molar-refractivity contribution < 1.29 is 0 Å². The molecule has 0 bridgehead atoms. The van der Waals surface area contributed by atoms with Gasteiger partial charge in [0.05, 0.1) is 0 Å². The van der Waals surface area contributed by atoms with Gasteiger partial charge >= 0.3 is 0 Å². The monoisotopic (exact) mass is 211 g/mol. The van der Waals surface area contributed by atoms with Crippen LogP contribution in [0.1, 0.15) is 12.8 Å². The van der Waals surface area contributed by atoms with Crippen LogP contribution in [0.3, 0.4) is 0 Å². The second-order valence-corrected chi connectivity index (χ2v) is 4.00. The Bertz CT molecular complexity index is 278. The number of halogens is 1. The number of rotatable bonds is 2. The first-order chi connectivity index (χ1) is 6.90. The van der Waals surface area contributed by atoms with Crippen molar-refractivity contribution in [3.8, 4) is 0 Å². The molecule has 0 aromatic carbocycles. The minimum absolute atomic E-state index is 0.604. The third kappa shape index (κ3) is 2.15. The molecule has 0 amide bonds. The van der Waals surface area contributed by atoms with Crippen molar-refractivity contribution >= 4 is 17.4 Å². The Kier molecular flexibility index (Phi) is 3.19. The SMILES string of the molecule is ClCC1CCCN(c2cccnn2)C1. The zero-order chi connectivity index (χ0) is 9.80. The number of nitrogens with zero attached hydrogens (tertiary/aromatic N) is 3. The zero-order valence-electron chi connectivity index (χ0n) is 8.06. The van der Waals surface area contributed by atoms with Crippen LogP contribution in [0, 0.1) is 5.92 Å². The molecule has 1 aliphatic rings. The van der Waals surface area contributed by atoms with Gasteiger partial charge in [0.2, 0.25) is 0 Å². The first-order valence-corrected chi connectivity index (χ1v) is 5.52. The van der Waals surface area contributed by atoms with Crippen molar-refractivity contribution in [2.45, 2.75) is 12.8 Å². The highest BCUT2D eigenvalue weighted by Gasteiger charge is 2.19. The molecule has 1 atom stereocenters. The van der Waals surface area contributed by atoms with Crippen molar-refractivity contribution in [1.82, 2.24) is 10.2 Å². The van der Waals surface area contributed by atoms with Crippen molar-refractivity contribution in [2.24, 2.45) is 5.92 Å². The maximum atomic E-state index is 5.87. The zero-order valence-corrected chi connectivity index (χ0v) is 8.82. The summed E-state index contributed by atoms with van der Waals surface area (Å²) >= 11 is 5.87. The minimum atomic E-state index is 0.604. The summed E-state index contributed by atoms with van der Waals surface area (Å²) in [6.07, 6.45) is 4.14. The first kappa shape index (κ1) is 9.71. The molecule has 0 saturated carbocycles. The van der Waals surface area contributed by atoms with E-state index in [1.807, 2.05) is 12.1 Å². The fourth-order valence-corrected chi connectivity index (χ4v) is 2.11. The Morgan fingerprint density at radius 2 is 2.50 bits per heavy atom. The van der Waals surface area contributed by atoms with E-state index in [4.69, 9.17) is 11.6 Å². The summed E-state index contributed by atoms with van der Waals surface area (Å²) in [5.74, 6) is 2.33. The molecular formula is C10H14ClN3. The van der Waals surface area contributed by atoms with Gasteiger partial charge in [-0.25, -0.2) is 0 Å². The van der Waals surface area contributed by atoms with Crippen LogP contribution in [-0.2, 0) is 0 Å². The van der Waals surface area contributed by atoms with E-state index in [2.05, 4.69) is 15.1 Å². The number of hydrogen-bond donors (Lipinski definition) is 0. The summed E-state index contributed by atoms with van der Waals surface area (Å²) in [4.78, 5) is 2.27. The number of piperidine rings is 1. The van der Waals surface area contributed by atoms with Crippen LogP contribution in [0.5, 0.6) is 0 Å². The average Bonchev–Trinajstić information content (AvgIpc) is 2.30. The highest BCUT2D eigenvalue weighted by atomic mass is 35.5. The second-order valence-electron chi connectivity index (χ2n) is 3.69. The standard InChI is InChI=1S/C10H14ClN3/c11-7-9-3-2-6-14(8-9)10-4-1-5-12-13-10/h1,4-5,9H,2-3,6-8H2. The van der Waals surface area contributed by atoms with Crippen LogP contribution >= 0.6 is 11.6 Å². The third-order valence-electron chi connectivity index (χ3n) is 2.62. The molecule has 1 fully saturated rings. The van der Waals surface area contributed by atoms with E-state index in [-0.39, 0.29) is 0 Å². The molecule has 0 spiro atoms. The fraction of sp³-hybridized carbons (Fsp3) is 0.600. The van der Waals surface area contributed by atoms with E-state index in [0.29, 0.717) is 5.92 Å². The van der Waals surface area contributed by atoms with Crippen molar-refractivity contribution in [3.63, 3.8) is 0 Å². The third-order valence-corrected chi connectivity index (χ3v) is 3.06. The van der Waals surface area contributed by atoms with Gasteiger partial charge in [-0.05, 0) is 30.9 Å². The van der Waals surface area contributed by atoms with Crippen molar-refractivity contribution in [2.75, 3.05) is 23.9 Å². The molecule has 2 rings (SSSR count). The van der Waals surface area contributed by atoms with Crippen LogP contribution in [0.4, 0.5) is 5.82 Å². The lowest BCUT2D eigenvalue weighted by Crippen LogP contribution is -2.36. The van der Waals surface area contributed by atoms with E-state index in [1.165, 1.54) is 12.8 Å². The predicted octanol–water partition coefficient (Wildman–Crippen LogP) is 1.93.